The zero-order valence-electron chi connectivity index (χ0n) is 10.7. The summed E-state index contributed by atoms with van der Waals surface area (Å²) < 4.78 is 0. The molecule has 0 saturated carbocycles. The fourth-order valence-corrected chi connectivity index (χ4v) is 1.89. The van der Waals surface area contributed by atoms with Gasteiger partial charge in [0.25, 0.3) is 0 Å². The van der Waals surface area contributed by atoms with Crippen molar-refractivity contribution in [3.05, 3.63) is 42.0 Å². The van der Waals surface area contributed by atoms with Crippen LogP contribution < -0.4 is 6.15 Å². The second-order valence-corrected chi connectivity index (χ2v) is 4.17. The Bertz CT molecular complexity index is 283. The molecule has 0 fully saturated rings. The molecule has 1 aromatic rings. The molecule has 1 nitrogen and oxygen atoms in total. The number of hydrogen-bond donors (Lipinski definition) is 1. The fourth-order valence-electron chi connectivity index (χ4n) is 1.89. The maximum atomic E-state index is 3.76. The van der Waals surface area contributed by atoms with Gasteiger partial charge in [-0.25, -0.2) is 0 Å². The van der Waals surface area contributed by atoms with Gasteiger partial charge < -0.3 is 6.15 Å². The Balaban J connectivity index is 0.00000225. The van der Waals surface area contributed by atoms with E-state index < -0.39 is 0 Å². The first-order valence-electron chi connectivity index (χ1n) is 6.01. The van der Waals surface area contributed by atoms with Gasteiger partial charge in [0.2, 0.25) is 0 Å². The molecule has 1 rings (SSSR count). The molecule has 0 aliphatic carbocycles. The van der Waals surface area contributed by atoms with Crippen LogP contribution in [0.15, 0.2) is 30.8 Å². The highest BCUT2D eigenvalue weighted by Gasteiger charge is 2.03. The highest BCUT2D eigenvalue weighted by Crippen LogP contribution is 2.16. The normalized spacial score (nSPS) is 9.94. The molecule has 1 aromatic carbocycles. The molecule has 0 spiro atoms. The minimum Gasteiger partial charge on any atom is -0.344 e. The summed E-state index contributed by atoms with van der Waals surface area (Å²) in [5, 5.41) is 0. The summed E-state index contributed by atoms with van der Waals surface area (Å²) in [5.41, 5.74) is 2.66. The maximum Gasteiger partial charge on any atom is -0.0262 e. The molecular weight excluding hydrogens is 194 g/mol. The van der Waals surface area contributed by atoms with Gasteiger partial charge in [-0.15, -0.1) is 0 Å². The van der Waals surface area contributed by atoms with Crippen molar-refractivity contribution in [2.45, 2.75) is 39.5 Å². The van der Waals surface area contributed by atoms with Crippen LogP contribution >= 0.6 is 0 Å². The predicted octanol–water partition coefficient (Wildman–Crippen LogP) is 4.86. The number of rotatable bonds is 6. The van der Waals surface area contributed by atoms with E-state index in [1.165, 1.54) is 36.8 Å². The van der Waals surface area contributed by atoms with Gasteiger partial charge in [-0.05, 0) is 29.9 Å². The third-order valence-corrected chi connectivity index (χ3v) is 3.21. The molecule has 90 valence electrons. The summed E-state index contributed by atoms with van der Waals surface area (Å²) >= 11 is 0. The summed E-state index contributed by atoms with van der Waals surface area (Å²) in [6.45, 7) is 8.33. The molecule has 0 bridgehead atoms. The lowest BCUT2D eigenvalue weighted by molar-refractivity contribution is 0.456. The molecule has 1 heteroatoms. The summed E-state index contributed by atoms with van der Waals surface area (Å²) in [6.07, 6.45) is 7.04. The summed E-state index contributed by atoms with van der Waals surface area (Å²) in [6, 6.07) is 8.74. The van der Waals surface area contributed by atoms with Crippen molar-refractivity contribution in [3.63, 3.8) is 0 Å². The zero-order valence-corrected chi connectivity index (χ0v) is 10.7. The Kier molecular flexibility index (Phi) is 7.57. The summed E-state index contributed by atoms with van der Waals surface area (Å²) in [4.78, 5) is 0. The number of hydrogen-bond acceptors (Lipinski definition) is 1. The lowest BCUT2D eigenvalue weighted by Gasteiger charge is -2.11. The predicted molar refractivity (Wildman–Crippen MR) is 73.9 cm³/mol. The summed E-state index contributed by atoms with van der Waals surface area (Å²) in [5.74, 6) is 0.893. The van der Waals surface area contributed by atoms with Gasteiger partial charge in [0, 0.05) is 0 Å². The first kappa shape index (κ1) is 14.9. The first-order valence-corrected chi connectivity index (χ1v) is 6.01. The van der Waals surface area contributed by atoms with Gasteiger partial charge in [0.05, 0.1) is 0 Å². The second kappa shape index (κ2) is 8.12. The van der Waals surface area contributed by atoms with Gasteiger partial charge in [0.15, 0.2) is 0 Å². The molecule has 0 radical (unpaired) electrons. The van der Waals surface area contributed by atoms with Crippen LogP contribution in [0.25, 0.3) is 6.08 Å². The van der Waals surface area contributed by atoms with Crippen molar-refractivity contribution in [1.82, 2.24) is 6.15 Å². The third kappa shape index (κ3) is 4.63. The molecule has 0 heterocycles. The molecule has 16 heavy (non-hydrogen) atoms. The molecule has 0 aliphatic rings. The molecule has 0 unspecified atom stereocenters. The lowest BCUT2D eigenvalue weighted by atomic mass is 9.95. The minimum atomic E-state index is 0. The minimum absolute atomic E-state index is 0. The average Bonchev–Trinajstić information content (AvgIpc) is 2.31. The molecule has 0 aliphatic heterocycles. The number of aryl methyl sites for hydroxylation is 1. The van der Waals surface area contributed by atoms with Crippen molar-refractivity contribution in [2.75, 3.05) is 0 Å². The SMILES string of the molecule is C=Cc1ccc(CCC(CC)CC)cc1.N. The first-order chi connectivity index (χ1) is 7.30. The van der Waals surface area contributed by atoms with Gasteiger partial charge in [-0.1, -0.05) is 63.6 Å². The van der Waals surface area contributed by atoms with E-state index in [-0.39, 0.29) is 6.15 Å². The van der Waals surface area contributed by atoms with Crippen molar-refractivity contribution >= 4 is 6.08 Å². The van der Waals surface area contributed by atoms with E-state index in [1.54, 1.807) is 0 Å². The van der Waals surface area contributed by atoms with Crippen molar-refractivity contribution in [3.8, 4) is 0 Å². The monoisotopic (exact) mass is 219 g/mol. The Morgan fingerprint density at radius 1 is 1.12 bits per heavy atom. The smallest absolute Gasteiger partial charge is 0.0262 e. The Morgan fingerprint density at radius 2 is 1.69 bits per heavy atom. The van der Waals surface area contributed by atoms with Gasteiger partial charge in [-0.3, -0.25) is 0 Å². The van der Waals surface area contributed by atoms with Crippen LogP contribution in [0.1, 0.15) is 44.2 Å². The van der Waals surface area contributed by atoms with E-state index in [2.05, 4.69) is 44.7 Å². The van der Waals surface area contributed by atoms with Gasteiger partial charge >= 0.3 is 0 Å². The van der Waals surface area contributed by atoms with Crippen LogP contribution in [0.4, 0.5) is 0 Å². The highest BCUT2D eigenvalue weighted by atomic mass is 14.1. The van der Waals surface area contributed by atoms with Crippen LogP contribution in [-0.4, -0.2) is 0 Å². The molecule has 0 amide bonds. The van der Waals surface area contributed by atoms with Crippen molar-refractivity contribution < 1.29 is 0 Å². The maximum absolute atomic E-state index is 3.76. The molecule has 0 atom stereocenters. The highest BCUT2D eigenvalue weighted by molar-refractivity contribution is 5.47. The topological polar surface area (TPSA) is 35.0 Å². The van der Waals surface area contributed by atoms with Crippen LogP contribution in [0.2, 0.25) is 0 Å². The van der Waals surface area contributed by atoms with Crippen LogP contribution in [0.3, 0.4) is 0 Å². The van der Waals surface area contributed by atoms with Crippen molar-refractivity contribution in [1.29, 1.82) is 0 Å². The molecule has 3 N–H and O–H groups in total. The summed E-state index contributed by atoms with van der Waals surface area (Å²) in [7, 11) is 0. The van der Waals surface area contributed by atoms with Gasteiger partial charge in [-0.2, -0.15) is 0 Å². The largest absolute Gasteiger partial charge is 0.344 e. The molecule has 0 saturated heterocycles. The van der Waals surface area contributed by atoms with E-state index in [9.17, 15) is 0 Å². The Hall–Kier alpha value is -1.08. The second-order valence-electron chi connectivity index (χ2n) is 4.17. The van der Waals surface area contributed by atoms with Crippen LogP contribution in [0, 0.1) is 5.92 Å². The van der Waals surface area contributed by atoms with E-state index in [0.717, 1.165) is 5.92 Å². The Morgan fingerprint density at radius 3 is 2.12 bits per heavy atom. The van der Waals surface area contributed by atoms with E-state index in [4.69, 9.17) is 0 Å². The lowest BCUT2D eigenvalue weighted by Crippen LogP contribution is -1.99. The Labute approximate surface area is 100 Å². The van der Waals surface area contributed by atoms with Crippen molar-refractivity contribution in [2.24, 2.45) is 5.92 Å². The standard InChI is InChI=1S/C15H22.H3N/c1-4-13(5-2)7-10-15-11-8-14(6-3)9-12-15;/h6,8-9,11-13H,3-5,7,10H2,1-2H3;1H3. The number of benzene rings is 1. The van der Waals surface area contributed by atoms with E-state index >= 15 is 0 Å². The van der Waals surface area contributed by atoms with E-state index in [1.807, 2.05) is 6.08 Å². The quantitative estimate of drug-likeness (QED) is 0.728. The fraction of sp³-hybridized carbons (Fsp3) is 0.467. The molecule has 0 aromatic heterocycles. The molecular formula is C15H25N. The van der Waals surface area contributed by atoms with Crippen LogP contribution in [-0.2, 0) is 6.42 Å². The third-order valence-electron chi connectivity index (χ3n) is 3.21. The van der Waals surface area contributed by atoms with E-state index in [0.29, 0.717) is 0 Å². The average molecular weight is 219 g/mol. The van der Waals surface area contributed by atoms with Crippen LogP contribution in [0.5, 0.6) is 0 Å². The van der Waals surface area contributed by atoms with Gasteiger partial charge in [0.1, 0.15) is 0 Å². The zero-order chi connectivity index (χ0) is 11.1.